The molecule has 1 fully saturated rings. The van der Waals surface area contributed by atoms with E-state index in [1.807, 2.05) is 30.3 Å². The summed E-state index contributed by atoms with van der Waals surface area (Å²) in [5.74, 6) is 0. The summed E-state index contributed by atoms with van der Waals surface area (Å²) in [4.78, 5) is 2.11. The van der Waals surface area contributed by atoms with E-state index >= 15 is 0 Å². The van der Waals surface area contributed by atoms with E-state index in [9.17, 15) is 0 Å². The first-order valence-corrected chi connectivity index (χ1v) is 6.75. The SMILES string of the molecule is N#CC(C#N)=C(CCc1ccccc1)N1CCOCC1. The molecule has 0 radical (unpaired) electrons. The van der Waals surface area contributed by atoms with Crippen LogP contribution in [0.4, 0.5) is 0 Å². The van der Waals surface area contributed by atoms with Crippen LogP contribution in [-0.4, -0.2) is 31.2 Å². The molecule has 1 aromatic rings. The summed E-state index contributed by atoms with van der Waals surface area (Å²) >= 11 is 0. The Labute approximate surface area is 119 Å². The van der Waals surface area contributed by atoms with Crippen molar-refractivity contribution in [2.24, 2.45) is 0 Å². The van der Waals surface area contributed by atoms with Gasteiger partial charge in [-0.25, -0.2) is 0 Å². The molecule has 4 heteroatoms. The molecule has 2 rings (SSSR count). The highest BCUT2D eigenvalue weighted by atomic mass is 16.5. The topological polar surface area (TPSA) is 60.0 Å². The molecule has 0 atom stereocenters. The number of nitriles is 2. The van der Waals surface area contributed by atoms with Gasteiger partial charge in [0, 0.05) is 18.8 Å². The second-order valence-electron chi connectivity index (χ2n) is 4.63. The molecular formula is C16H17N3O. The fourth-order valence-corrected chi connectivity index (χ4v) is 2.34. The second kappa shape index (κ2) is 7.33. The highest BCUT2D eigenvalue weighted by molar-refractivity contribution is 5.40. The van der Waals surface area contributed by atoms with Crippen molar-refractivity contribution in [2.45, 2.75) is 12.8 Å². The third-order valence-electron chi connectivity index (χ3n) is 3.40. The minimum atomic E-state index is 0.225. The molecular weight excluding hydrogens is 250 g/mol. The number of benzene rings is 1. The molecule has 102 valence electrons. The highest BCUT2D eigenvalue weighted by Crippen LogP contribution is 2.18. The van der Waals surface area contributed by atoms with Gasteiger partial charge in [-0.3, -0.25) is 0 Å². The van der Waals surface area contributed by atoms with E-state index < -0.39 is 0 Å². The summed E-state index contributed by atoms with van der Waals surface area (Å²) in [5.41, 5.74) is 2.29. The van der Waals surface area contributed by atoms with Gasteiger partial charge in [-0.1, -0.05) is 30.3 Å². The highest BCUT2D eigenvalue weighted by Gasteiger charge is 2.17. The first-order valence-electron chi connectivity index (χ1n) is 6.75. The number of nitrogens with zero attached hydrogens (tertiary/aromatic N) is 3. The third-order valence-corrected chi connectivity index (χ3v) is 3.40. The Kier molecular flexibility index (Phi) is 5.17. The standard InChI is InChI=1S/C16H17N3O/c17-12-15(13-18)16(19-8-10-20-11-9-19)7-6-14-4-2-1-3-5-14/h1-5H,6-11H2. The van der Waals surface area contributed by atoms with E-state index in [-0.39, 0.29) is 5.57 Å². The van der Waals surface area contributed by atoms with Crippen LogP contribution in [-0.2, 0) is 11.2 Å². The van der Waals surface area contributed by atoms with Gasteiger partial charge in [-0.2, -0.15) is 10.5 Å². The van der Waals surface area contributed by atoms with Gasteiger partial charge in [0.15, 0.2) is 0 Å². The smallest absolute Gasteiger partial charge is 0.148 e. The van der Waals surface area contributed by atoms with Crippen molar-refractivity contribution in [2.75, 3.05) is 26.3 Å². The minimum Gasteiger partial charge on any atom is -0.378 e. The summed E-state index contributed by atoms with van der Waals surface area (Å²) in [7, 11) is 0. The largest absolute Gasteiger partial charge is 0.378 e. The van der Waals surface area contributed by atoms with Crippen molar-refractivity contribution in [3.05, 3.63) is 47.2 Å². The number of ether oxygens (including phenoxy) is 1. The fourth-order valence-electron chi connectivity index (χ4n) is 2.34. The number of allylic oxidation sites excluding steroid dienone is 2. The molecule has 0 N–H and O–H groups in total. The van der Waals surface area contributed by atoms with E-state index in [1.54, 1.807) is 0 Å². The molecule has 20 heavy (non-hydrogen) atoms. The van der Waals surface area contributed by atoms with Crippen LogP contribution in [0.3, 0.4) is 0 Å². The number of hydrogen-bond donors (Lipinski definition) is 0. The van der Waals surface area contributed by atoms with Crippen molar-refractivity contribution in [1.82, 2.24) is 4.90 Å². The maximum Gasteiger partial charge on any atom is 0.148 e. The predicted molar refractivity (Wildman–Crippen MR) is 75.4 cm³/mol. The summed E-state index contributed by atoms with van der Waals surface area (Å²) in [5, 5.41) is 18.3. The van der Waals surface area contributed by atoms with Crippen LogP contribution in [0.2, 0.25) is 0 Å². The maximum atomic E-state index is 9.14. The van der Waals surface area contributed by atoms with Crippen LogP contribution >= 0.6 is 0 Å². The monoisotopic (exact) mass is 267 g/mol. The number of aryl methyl sites for hydroxylation is 1. The van der Waals surface area contributed by atoms with Gasteiger partial charge in [0.2, 0.25) is 0 Å². The zero-order chi connectivity index (χ0) is 14.2. The second-order valence-corrected chi connectivity index (χ2v) is 4.63. The molecule has 1 aromatic carbocycles. The normalized spacial score (nSPS) is 14.2. The summed E-state index contributed by atoms with van der Waals surface area (Å²) in [6.07, 6.45) is 1.54. The van der Waals surface area contributed by atoms with Gasteiger partial charge < -0.3 is 9.64 Å². The van der Waals surface area contributed by atoms with Crippen LogP contribution in [0.25, 0.3) is 0 Å². The molecule has 0 aliphatic carbocycles. The van der Waals surface area contributed by atoms with Crippen LogP contribution in [0, 0.1) is 22.7 Å². The van der Waals surface area contributed by atoms with Gasteiger partial charge in [-0.05, 0) is 18.4 Å². The number of hydrogen-bond acceptors (Lipinski definition) is 4. The van der Waals surface area contributed by atoms with Crippen molar-refractivity contribution in [3.8, 4) is 12.1 Å². The van der Waals surface area contributed by atoms with E-state index in [0.29, 0.717) is 19.6 Å². The van der Waals surface area contributed by atoms with Crippen LogP contribution in [0.15, 0.2) is 41.6 Å². The Balaban J connectivity index is 2.13. The van der Waals surface area contributed by atoms with Gasteiger partial charge in [0.05, 0.1) is 13.2 Å². The lowest BCUT2D eigenvalue weighted by Gasteiger charge is -2.31. The minimum absolute atomic E-state index is 0.225. The van der Waals surface area contributed by atoms with Gasteiger partial charge in [0.25, 0.3) is 0 Å². The summed E-state index contributed by atoms with van der Waals surface area (Å²) in [6, 6.07) is 14.2. The zero-order valence-corrected chi connectivity index (χ0v) is 11.4. The van der Waals surface area contributed by atoms with Crippen molar-refractivity contribution in [3.63, 3.8) is 0 Å². The average Bonchev–Trinajstić information content (AvgIpc) is 2.53. The van der Waals surface area contributed by atoms with Gasteiger partial charge in [0.1, 0.15) is 17.7 Å². The molecule has 1 aliphatic rings. The van der Waals surface area contributed by atoms with Gasteiger partial charge in [-0.15, -0.1) is 0 Å². The maximum absolute atomic E-state index is 9.14. The molecule has 1 heterocycles. The lowest BCUT2D eigenvalue weighted by Crippen LogP contribution is -2.36. The zero-order valence-electron chi connectivity index (χ0n) is 11.4. The molecule has 0 aromatic heterocycles. The molecule has 0 unspecified atom stereocenters. The Morgan fingerprint density at radius 2 is 1.75 bits per heavy atom. The molecule has 1 saturated heterocycles. The molecule has 0 saturated carbocycles. The summed E-state index contributed by atoms with van der Waals surface area (Å²) < 4.78 is 5.33. The van der Waals surface area contributed by atoms with E-state index in [1.165, 1.54) is 5.56 Å². The van der Waals surface area contributed by atoms with Crippen molar-refractivity contribution >= 4 is 0 Å². The van der Waals surface area contributed by atoms with Crippen LogP contribution in [0.5, 0.6) is 0 Å². The predicted octanol–water partition coefficient (Wildman–Crippen LogP) is 2.25. The lowest BCUT2D eigenvalue weighted by atomic mass is 10.0. The quantitative estimate of drug-likeness (QED) is 0.785. The number of morpholine rings is 1. The van der Waals surface area contributed by atoms with Crippen LogP contribution < -0.4 is 0 Å². The molecule has 0 amide bonds. The Hall–Kier alpha value is -2.30. The Morgan fingerprint density at radius 1 is 1.10 bits per heavy atom. The molecule has 0 bridgehead atoms. The molecule has 4 nitrogen and oxygen atoms in total. The van der Waals surface area contributed by atoms with E-state index in [2.05, 4.69) is 17.0 Å². The van der Waals surface area contributed by atoms with Crippen LogP contribution in [0.1, 0.15) is 12.0 Å². The average molecular weight is 267 g/mol. The number of rotatable bonds is 4. The first kappa shape index (κ1) is 14.1. The lowest BCUT2D eigenvalue weighted by molar-refractivity contribution is 0.0519. The van der Waals surface area contributed by atoms with Gasteiger partial charge >= 0.3 is 0 Å². The molecule has 1 aliphatic heterocycles. The molecule has 0 spiro atoms. The van der Waals surface area contributed by atoms with Crippen molar-refractivity contribution in [1.29, 1.82) is 10.5 Å². The van der Waals surface area contributed by atoms with E-state index in [4.69, 9.17) is 15.3 Å². The van der Waals surface area contributed by atoms with Crippen molar-refractivity contribution < 1.29 is 4.74 Å². The Morgan fingerprint density at radius 3 is 2.35 bits per heavy atom. The Bertz CT molecular complexity index is 529. The third kappa shape index (κ3) is 3.60. The summed E-state index contributed by atoms with van der Waals surface area (Å²) in [6.45, 7) is 2.80. The van der Waals surface area contributed by atoms with E-state index in [0.717, 1.165) is 25.2 Å². The first-order chi connectivity index (χ1) is 9.85. The fraction of sp³-hybridized carbons (Fsp3) is 0.375.